The molecule has 0 aliphatic carbocycles. The molecule has 2 aliphatic heterocycles. The van der Waals surface area contributed by atoms with Gasteiger partial charge in [-0.15, -0.1) is 0 Å². The Bertz CT molecular complexity index is 1940. The molecule has 246 valence electrons. The van der Waals surface area contributed by atoms with Crippen molar-refractivity contribution >= 4 is 33.9 Å². The minimum absolute atomic E-state index is 0.348. The van der Waals surface area contributed by atoms with E-state index in [0.29, 0.717) is 73.6 Å². The monoisotopic (exact) mass is 634 g/mol. The molecule has 4 aromatic rings. The molecule has 6 rings (SSSR count). The van der Waals surface area contributed by atoms with Crippen LogP contribution in [-0.2, 0) is 10.8 Å². The first-order valence-electron chi connectivity index (χ1n) is 16.4. The molecule has 0 N–H and O–H groups in total. The van der Waals surface area contributed by atoms with E-state index in [9.17, 15) is 9.59 Å². The maximum atomic E-state index is 14.1. The molecule has 0 saturated heterocycles. The zero-order chi connectivity index (χ0) is 34.3. The average Bonchev–Trinajstić information content (AvgIpc) is 2.99. The summed E-state index contributed by atoms with van der Waals surface area (Å²) in [6.07, 6.45) is 6.18. The Morgan fingerprint density at radius 2 is 1.11 bits per heavy atom. The van der Waals surface area contributed by atoms with Crippen molar-refractivity contribution in [2.24, 2.45) is 5.92 Å². The van der Waals surface area contributed by atoms with Gasteiger partial charge in [0.25, 0.3) is 0 Å². The van der Waals surface area contributed by atoms with Crippen LogP contribution in [0.3, 0.4) is 0 Å². The first kappa shape index (κ1) is 33.8. The van der Waals surface area contributed by atoms with E-state index < -0.39 is 23.1 Å². The Balaban J connectivity index is 1.80. The van der Waals surface area contributed by atoms with E-state index in [-0.39, 0.29) is 0 Å². The summed E-state index contributed by atoms with van der Waals surface area (Å²) in [7, 11) is 0. The van der Waals surface area contributed by atoms with Crippen LogP contribution in [0.2, 0.25) is 0 Å². The van der Waals surface area contributed by atoms with Gasteiger partial charge in [0.05, 0.1) is 0 Å². The zero-order valence-electron chi connectivity index (χ0n) is 29.3. The minimum Gasteiger partial charge on any atom is -0.394 e. The van der Waals surface area contributed by atoms with E-state index in [4.69, 9.17) is 18.9 Å². The highest BCUT2D eigenvalue weighted by atomic mass is 16.7. The van der Waals surface area contributed by atoms with Crippen molar-refractivity contribution < 1.29 is 28.5 Å². The first-order valence-corrected chi connectivity index (χ1v) is 16.4. The third-order valence-electron chi connectivity index (χ3n) is 9.06. The highest BCUT2D eigenvalue weighted by Crippen LogP contribution is 2.50. The van der Waals surface area contributed by atoms with E-state index in [1.165, 1.54) is 5.57 Å². The Hall–Kier alpha value is -4.58. The maximum Gasteiger partial charge on any atom is 0.519 e. The fraction of sp³-hybridized carbons (Fsp3) is 0.366. The number of rotatable bonds is 7. The topological polar surface area (TPSA) is 71.1 Å². The summed E-state index contributed by atoms with van der Waals surface area (Å²) in [5, 5.41) is 2.48. The van der Waals surface area contributed by atoms with Crippen LogP contribution in [0.5, 0.6) is 23.0 Å². The molecule has 0 amide bonds. The fourth-order valence-corrected chi connectivity index (χ4v) is 7.20. The van der Waals surface area contributed by atoms with Gasteiger partial charge in [0, 0.05) is 49.2 Å². The van der Waals surface area contributed by atoms with Gasteiger partial charge in [-0.1, -0.05) is 114 Å². The van der Waals surface area contributed by atoms with Crippen molar-refractivity contribution in [3.63, 3.8) is 0 Å². The van der Waals surface area contributed by atoms with Crippen molar-refractivity contribution in [1.29, 1.82) is 0 Å². The van der Waals surface area contributed by atoms with Crippen molar-refractivity contribution in [3.8, 4) is 23.0 Å². The second kappa shape index (κ2) is 12.9. The van der Waals surface area contributed by atoms with E-state index >= 15 is 0 Å². The number of ether oxygens (including phenoxy) is 4. The lowest BCUT2D eigenvalue weighted by Crippen LogP contribution is -2.26. The molecule has 0 saturated carbocycles. The van der Waals surface area contributed by atoms with E-state index in [1.54, 1.807) is 0 Å². The van der Waals surface area contributed by atoms with Gasteiger partial charge in [-0.05, 0) is 51.9 Å². The lowest BCUT2D eigenvalue weighted by atomic mass is 9.76. The summed E-state index contributed by atoms with van der Waals surface area (Å²) in [4.78, 5) is 28.0. The lowest BCUT2D eigenvalue weighted by molar-refractivity contribution is 0.147. The normalized spacial score (nSPS) is 14.5. The van der Waals surface area contributed by atoms with Crippen LogP contribution in [0.25, 0.3) is 21.5 Å². The summed E-state index contributed by atoms with van der Waals surface area (Å²) in [5.74, 6) is 1.98. The average molecular weight is 635 g/mol. The molecule has 0 atom stereocenters. The molecule has 4 bridgehead atoms. The molecule has 0 spiro atoms. The van der Waals surface area contributed by atoms with Gasteiger partial charge in [0.1, 0.15) is 23.0 Å². The van der Waals surface area contributed by atoms with Crippen molar-refractivity contribution in [2.75, 3.05) is 0 Å². The number of hydrogen-bond donors (Lipinski definition) is 0. The molecule has 4 aromatic carbocycles. The number of benzene rings is 4. The summed E-state index contributed by atoms with van der Waals surface area (Å²) in [5.41, 5.74) is 2.96. The summed E-state index contributed by atoms with van der Waals surface area (Å²) in [6.45, 7) is 20.5. The van der Waals surface area contributed by atoms with Gasteiger partial charge < -0.3 is 18.9 Å². The zero-order valence-corrected chi connectivity index (χ0v) is 29.3. The molecule has 0 unspecified atom stereocenters. The van der Waals surface area contributed by atoms with Crippen LogP contribution in [0.15, 0.2) is 72.3 Å². The van der Waals surface area contributed by atoms with Crippen LogP contribution in [0, 0.1) is 19.8 Å². The minimum atomic E-state index is -0.854. The molecule has 2 heterocycles. The molecule has 6 nitrogen and oxygen atoms in total. The van der Waals surface area contributed by atoms with Crippen molar-refractivity contribution in [3.05, 3.63) is 94.6 Å². The van der Waals surface area contributed by atoms with Gasteiger partial charge in [-0.3, -0.25) is 0 Å². The molecule has 47 heavy (non-hydrogen) atoms. The Labute approximate surface area is 278 Å². The highest BCUT2D eigenvalue weighted by molar-refractivity contribution is 6.01. The van der Waals surface area contributed by atoms with E-state index in [1.807, 2.05) is 95.3 Å². The van der Waals surface area contributed by atoms with Crippen LogP contribution in [0.4, 0.5) is 9.59 Å². The van der Waals surface area contributed by atoms with Gasteiger partial charge in [0.15, 0.2) is 0 Å². The fourth-order valence-electron chi connectivity index (χ4n) is 7.20. The van der Waals surface area contributed by atoms with Crippen LogP contribution in [0.1, 0.15) is 90.5 Å². The lowest BCUT2D eigenvalue weighted by Gasteiger charge is -2.31. The van der Waals surface area contributed by atoms with Crippen LogP contribution < -0.4 is 18.9 Å². The second-order valence-electron chi connectivity index (χ2n) is 14.3. The maximum absolute atomic E-state index is 14.1. The third-order valence-corrected chi connectivity index (χ3v) is 9.06. The first-order chi connectivity index (χ1) is 22.2. The molecule has 0 fully saturated rings. The number of carbonyl (C=O) groups is 2. The highest BCUT2D eigenvalue weighted by Gasteiger charge is 2.35. The summed E-state index contributed by atoms with van der Waals surface area (Å²) in [6, 6.07) is 14.9. The summed E-state index contributed by atoms with van der Waals surface area (Å²) < 4.78 is 24.9. The molecule has 6 heteroatoms. The third kappa shape index (κ3) is 6.51. The Kier molecular flexibility index (Phi) is 9.27. The predicted molar refractivity (Wildman–Crippen MR) is 189 cm³/mol. The number of fused-ring (bicyclic) bond motifs is 6. The summed E-state index contributed by atoms with van der Waals surface area (Å²) >= 11 is 0. The Morgan fingerprint density at radius 3 is 1.55 bits per heavy atom. The van der Waals surface area contributed by atoms with Gasteiger partial charge in [-0.2, -0.15) is 0 Å². The smallest absolute Gasteiger partial charge is 0.394 e. The van der Waals surface area contributed by atoms with Crippen LogP contribution >= 0.6 is 0 Å². The van der Waals surface area contributed by atoms with Gasteiger partial charge in [-0.25, -0.2) is 9.59 Å². The largest absolute Gasteiger partial charge is 0.519 e. The van der Waals surface area contributed by atoms with Gasteiger partial charge in [0.2, 0.25) is 0 Å². The molecule has 0 radical (unpaired) electrons. The standard InChI is InChI=1S/C41H46O6/c1-11-21-40(7,8)32-26(5)34-28-16-12-14-18-30(28)36(32)46-39(43)47-37-31-19-15-13-17-29(31)35(45-38(42)44-34)27(6)33(37)41(9,10)22-20-25(4)23-24(2)3/h11-21,24H,22-23H2,1-10H3/b21-11-,25-20+. The van der Waals surface area contributed by atoms with Crippen molar-refractivity contribution in [2.45, 2.75) is 92.9 Å². The quantitative estimate of drug-likeness (QED) is 0.114. The van der Waals surface area contributed by atoms with Crippen LogP contribution in [-0.4, -0.2) is 12.3 Å². The number of carbonyl (C=O) groups excluding carboxylic acids is 2. The van der Waals surface area contributed by atoms with Crippen molar-refractivity contribution in [1.82, 2.24) is 0 Å². The second-order valence-corrected chi connectivity index (χ2v) is 14.3. The number of hydrogen-bond acceptors (Lipinski definition) is 6. The molecule has 0 aromatic heterocycles. The van der Waals surface area contributed by atoms with Gasteiger partial charge >= 0.3 is 12.3 Å². The molecule has 2 aliphatic rings. The van der Waals surface area contributed by atoms with E-state index in [2.05, 4.69) is 40.7 Å². The molecular weight excluding hydrogens is 588 g/mol. The molecular formula is C41H46O6. The Morgan fingerprint density at radius 1 is 0.702 bits per heavy atom. The van der Waals surface area contributed by atoms with E-state index in [0.717, 1.165) is 12.0 Å². The SMILES string of the molecule is C/C=C\C(C)(C)c1c(C)c2c3ccccc3c1OC(=O)Oc1c(C(C)(C)C/C=C(\C)CC(C)C)c(C)c(c3ccccc13)OC(=O)O2. The predicted octanol–water partition coefficient (Wildman–Crippen LogP) is 11.6. The number of allylic oxidation sites excluding steroid dienone is 4.